The number of rotatable bonds is 6. The fraction of sp³-hybridized carbons (Fsp3) is 0.579. The van der Waals surface area contributed by atoms with Gasteiger partial charge in [0.1, 0.15) is 0 Å². The fourth-order valence-corrected chi connectivity index (χ4v) is 3.25. The van der Waals surface area contributed by atoms with Crippen molar-refractivity contribution in [1.82, 2.24) is 4.90 Å². The summed E-state index contributed by atoms with van der Waals surface area (Å²) >= 11 is 0. The SMILES string of the molecule is CC[C@H](C)c1ccccc1NC(=O)[C@@H](C)N1CCC[C@H](C(N)=O)C1. The Labute approximate surface area is 144 Å². The lowest BCUT2D eigenvalue weighted by Crippen LogP contribution is -2.49. The monoisotopic (exact) mass is 331 g/mol. The van der Waals surface area contributed by atoms with Crippen molar-refractivity contribution in [1.29, 1.82) is 0 Å². The van der Waals surface area contributed by atoms with E-state index in [9.17, 15) is 9.59 Å². The Hall–Kier alpha value is -1.88. The van der Waals surface area contributed by atoms with Gasteiger partial charge >= 0.3 is 0 Å². The van der Waals surface area contributed by atoms with Crippen molar-refractivity contribution in [2.24, 2.45) is 11.7 Å². The van der Waals surface area contributed by atoms with Gasteiger partial charge in [0.15, 0.2) is 0 Å². The van der Waals surface area contributed by atoms with Crippen molar-refractivity contribution < 1.29 is 9.59 Å². The molecule has 1 aromatic carbocycles. The van der Waals surface area contributed by atoms with E-state index >= 15 is 0 Å². The molecule has 1 aliphatic heterocycles. The second kappa shape index (κ2) is 8.29. The Morgan fingerprint density at radius 3 is 2.71 bits per heavy atom. The zero-order valence-electron chi connectivity index (χ0n) is 14.9. The average molecular weight is 331 g/mol. The average Bonchev–Trinajstić information content (AvgIpc) is 2.60. The molecule has 24 heavy (non-hydrogen) atoms. The molecule has 1 saturated heterocycles. The van der Waals surface area contributed by atoms with Crippen molar-refractivity contribution in [3.05, 3.63) is 29.8 Å². The number of nitrogens with two attached hydrogens (primary N) is 1. The summed E-state index contributed by atoms with van der Waals surface area (Å²) in [7, 11) is 0. The summed E-state index contributed by atoms with van der Waals surface area (Å²) in [4.78, 5) is 26.2. The number of hydrogen-bond donors (Lipinski definition) is 2. The van der Waals surface area contributed by atoms with Gasteiger partial charge < -0.3 is 11.1 Å². The normalized spacial score (nSPS) is 21.0. The number of piperidine rings is 1. The van der Waals surface area contributed by atoms with Crippen LogP contribution in [-0.2, 0) is 9.59 Å². The number of nitrogens with zero attached hydrogens (tertiary/aromatic N) is 1. The maximum atomic E-state index is 12.7. The summed E-state index contributed by atoms with van der Waals surface area (Å²) in [5.74, 6) is -0.0577. The van der Waals surface area contributed by atoms with Gasteiger partial charge in [-0.05, 0) is 50.3 Å². The predicted molar refractivity (Wildman–Crippen MR) is 96.7 cm³/mol. The minimum Gasteiger partial charge on any atom is -0.369 e. The highest BCUT2D eigenvalue weighted by molar-refractivity contribution is 5.95. The lowest BCUT2D eigenvalue weighted by Gasteiger charge is -2.35. The molecule has 0 radical (unpaired) electrons. The van der Waals surface area contributed by atoms with E-state index in [1.165, 1.54) is 0 Å². The summed E-state index contributed by atoms with van der Waals surface area (Å²) in [6, 6.07) is 7.68. The van der Waals surface area contributed by atoms with Crippen LogP contribution < -0.4 is 11.1 Å². The van der Waals surface area contributed by atoms with Crippen LogP contribution in [0.2, 0.25) is 0 Å². The molecule has 3 N–H and O–H groups in total. The third-order valence-electron chi connectivity index (χ3n) is 5.14. The number of likely N-dealkylation sites (tertiary alicyclic amines) is 1. The van der Waals surface area contributed by atoms with Crippen LogP contribution in [0.4, 0.5) is 5.69 Å². The number of amides is 2. The number of nitrogens with one attached hydrogen (secondary N) is 1. The summed E-state index contributed by atoms with van der Waals surface area (Å²) in [6.45, 7) is 7.59. The Morgan fingerprint density at radius 1 is 1.33 bits per heavy atom. The molecule has 1 aliphatic rings. The van der Waals surface area contributed by atoms with Gasteiger partial charge in [-0.15, -0.1) is 0 Å². The number of primary amides is 1. The molecule has 0 saturated carbocycles. The minimum atomic E-state index is -0.280. The van der Waals surface area contributed by atoms with E-state index < -0.39 is 0 Å². The highest BCUT2D eigenvalue weighted by Gasteiger charge is 2.30. The fourth-order valence-electron chi connectivity index (χ4n) is 3.25. The van der Waals surface area contributed by atoms with E-state index in [4.69, 9.17) is 5.73 Å². The number of anilines is 1. The van der Waals surface area contributed by atoms with Gasteiger partial charge in [0.25, 0.3) is 0 Å². The van der Waals surface area contributed by atoms with Crippen molar-refractivity contribution in [3.63, 3.8) is 0 Å². The maximum Gasteiger partial charge on any atom is 0.241 e. The van der Waals surface area contributed by atoms with Crippen LogP contribution in [0, 0.1) is 5.92 Å². The molecule has 2 amide bonds. The van der Waals surface area contributed by atoms with Gasteiger partial charge in [0, 0.05) is 12.2 Å². The molecule has 3 atom stereocenters. The van der Waals surface area contributed by atoms with Crippen LogP contribution in [0.15, 0.2) is 24.3 Å². The molecule has 132 valence electrons. The Kier molecular flexibility index (Phi) is 6.37. The van der Waals surface area contributed by atoms with Gasteiger partial charge in [-0.3, -0.25) is 14.5 Å². The number of hydrogen-bond acceptors (Lipinski definition) is 3. The van der Waals surface area contributed by atoms with Crippen LogP contribution in [0.5, 0.6) is 0 Å². The van der Waals surface area contributed by atoms with Gasteiger partial charge in [-0.25, -0.2) is 0 Å². The third kappa shape index (κ3) is 4.35. The molecule has 0 bridgehead atoms. The molecule has 0 unspecified atom stereocenters. The minimum absolute atomic E-state index is 0.0316. The van der Waals surface area contributed by atoms with Crippen molar-refractivity contribution >= 4 is 17.5 Å². The van der Waals surface area contributed by atoms with Gasteiger partial charge in [-0.2, -0.15) is 0 Å². The highest BCUT2D eigenvalue weighted by atomic mass is 16.2. The zero-order chi connectivity index (χ0) is 17.7. The van der Waals surface area contributed by atoms with E-state index in [1.807, 2.05) is 25.1 Å². The standard InChI is InChI=1S/C19H29N3O2/c1-4-13(2)16-9-5-6-10-17(16)21-19(24)14(3)22-11-7-8-15(12-22)18(20)23/h5-6,9-10,13-15H,4,7-8,11-12H2,1-3H3,(H2,20,23)(H,21,24)/t13-,14+,15-/m0/s1. The van der Waals surface area contributed by atoms with E-state index in [-0.39, 0.29) is 23.8 Å². The van der Waals surface area contributed by atoms with Crippen LogP contribution in [0.25, 0.3) is 0 Å². The highest BCUT2D eigenvalue weighted by Crippen LogP contribution is 2.27. The van der Waals surface area contributed by atoms with Crippen LogP contribution in [-0.4, -0.2) is 35.8 Å². The molecule has 0 aliphatic carbocycles. The van der Waals surface area contributed by atoms with E-state index in [0.717, 1.165) is 37.1 Å². The molecule has 1 aromatic rings. The quantitative estimate of drug-likeness (QED) is 0.841. The Bertz CT molecular complexity index is 588. The third-order valence-corrected chi connectivity index (χ3v) is 5.14. The lowest BCUT2D eigenvalue weighted by molar-refractivity contribution is -0.127. The first-order chi connectivity index (χ1) is 11.4. The Balaban J connectivity index is 2.05. The molecule has 1 heterocycles. The van der Waals surface area contributed by atoms with Crippen molar-refractivity contribution in [3.8, 4) is 0 Å². The summed E-state index contributed by atoms with van der Waals surface area (Å²) < 4.78 is 0. The van der Waals surface area contributed by atoms with Gasteiger partial charge in [0.2, 0.25) is 11.8 Å². The van der Waals surface area contributed by atoms with Crippen molar-refractivity contribution in [2.75, 3.05) is 18.4 Å². The molecule has 1 fully saturated rings. The zero-order valence-corrected chi connectivity index (χ0v) is 14.9. The first-order valence-electron chi connectivity index (χ1n) is 8.87. The first kappa shape index (κ1) is 18.5. The van der Waals surface area contributed by atoms with Crippen LogP contribution >= 0.6 is 0 Å². The number of benzene rings is 1. The lowest BCUT2D eigenvalue weighted by atomic mass is 9.95. The smallest absolute Gasteiger partial charge is 0.241 e. The predicted octanol–water partition coefficient (Wildman–Crippen LogP) is 2.72. The second-order valence-corrected chi connectivity index (χ2v) is 6.80. The molecule has 0 spiro atoms. The Morgan fingerprint density at radius 2 is 2.04 bits per heavy atom. The van der Waals surface area contributed by atoms with Gasteiger partial charge in [-0.1, -0.05) is 32.0 Å². The maximum absolute atomic E-state index is 12.7. The summed E-state index contributed by atoms with van der Waals surface area (Å²) in [6.07, 6.45) is 2.74. The summed E-state index contributed by atoms with van der Waals surface area (Å²) in [5, 5.41) is 3.07. The first-order valence-corrected chi connectivity index (χ1v) is 8.87. The second-order valence-electron chi connectivity index (χ2n) is 6.80. The number of para-hydroxylation sites is 1. The summed E-state index contributed by atoms with van der Waals surface area (Å²) in [5.41, 5.74) is 7.47. The van der Waals surface area contributed by atoms with Crippen LogP contribution in [0.3, 0.4) is 0 Å². The topological polar surface area (TPSA) is 75.4 Å². The molecular weight excluding hydrogens is 302 g/mol. The molecule has 0 aromatic heterocycles. The number of carbonyl (C=O) groups is 2. The molecule has 2 rings (SSSR count). The van der Waals surface area contributed by atoms with Crippen LogP contribution in [0.1, 0.15) is 51.5 Å². The van der Waals surface area contributed by atoms with E-state index in [2.05, 4.69) is 30.1 Å². The molecule has 5 heteroatoms. The molecular formula is C19H29N3O2. The number of carbonyl (C=O) groups excluding carboxylic acids is 2. The van der Waals surface area contributed by atoms with E-state index in [0.29, 0.717) is 12.5 Å². The molecule has 5 nitrogen and oxygen atoms in total. The largest absolute Gasteiger partial charge is 0.369 e. The van der Waals surface area contributed by atoms with Gasteiger partial charge in [0.05, 0.1) is 12.0 Å². The van der Waals surface area contributed by atoms with E-state index in [1.54, 1.807) is 0 Å². The van der Waals surface area contributed by atoms with Crippen molar-refractivity contribution in [2.45, 2.75) is 52.0 Å².